The minimum Gasteiger partial charge on any atom is -0.313 e. The Kier molecular flexibility index (Phi) is 6.05. The molecule has 0 fully saturated rings. The van der Waals surface area contributed by atoms with Crippen LogP contribution in [0.3, 0.4) is 0 Å². The van der Waals surface area contributed by atoms with Crippen molar-refractivity contribution in [3.63, 3.8) is 0 Å². The average Bonchev–Trinajstić information content (AvgIpc) is 2.86. The van der Waals surface area contributed by atoms with Gasteiger partial charge in [-0.3, -0.25) is 0 Å². The lowest BCUT2D eigenvalue weighted by molar-refractivity contribution is 0.306. The van der Waals surface area contributed by atoms with Crippen molar-refractivity contribution < 1.29 is 0 Å². The van der Waals surface area contributed by atoms with Crippen LogP contribution in [0.1, 0.15) is 22.9 Å². The molecule has 2 aromatic rings. The molecule has 0 saturated carbocycles. The number of rotatable bonds is 7. The second-order valence-corrected chi connectivity index (χ2v) is 6.78. The van der Waals surface area contributed by atoms with Gasteiger partial charge in [0.25, 0.3) is 0 Å². The third-order valence-corrected chi connectivity index (χ3v) is 4.62. The minimum absolute atomic E-state index is 0.408. The second kappa shape index (κ2) is 7.79. The SMILES string of the molecule is CNC(CCN(C)Cc1ccc(Cl)s1)c1ccccc1. The van der Waals surface area contributed by atoms with Gasteiger partial charge in [0.15, 0.2) is 0 Å². The standard InChI is InChI=1S/C16H21ClN2S/c1-18-15(13-6-4-3-5-7-13)10-11-19(2)12-14-8-9-16(17)20-14/h3-9,15,18H,10-12H2,1-2H3. The Labute approximate surface area is 130 Å². The van der Waals surface area contributed by atoms with E-state index in [0.29, 0.717) is 6.04 Å². The summed E-state index contributed by atoms with van der Waals surface area (Å²) in [7, 11) is 4.18. The summed E-state index contributed by atoms with van der Waals surface area (Å²) in [6.45, 7) is 2.01. The smallest absolute Gasteiger partial charge is 0.0931 e. The van der Waals surface area contributed by atoms with E-state index in [1.54, 1.807) is 11.3 Å². The van der Waals surface area contributed by atoms with Crippen molar-refractivity contribution in [1.29, 1.82) is 0 Å². The van der Waals surface area contributed by atoms with Crippen LogP contribution in [-0.4, -0.2) is 25.5 Å². The van der Waals surface area contributed by atoms with E-state index in [9.17, 15) is 0 Å². The number of nitrogens with one attached hydrogen (secondary N) is 1. The lowest BCUT2D eigenvalue weighted by Crippen LogP contribution is -2.25. The van der Waals surface area contributed by atoms with Gasteiger partial charge in [0.1, 0.15) is 0 Å². The molecule has 1 atom stereocenters. The predicted molar refractivity (Wildman–Crippen MR) is 88.5 cm³/mol. The van der Waals surface area contributed by atoms with Crippen LogP contribution in [0.15, 0.2) is 42.5 Å². The number of halogens is 1. The van der Waals surface area contributed by atoms with Gasteiger partial charge in [-0.2, -0.15) is 0 Å². The molecule has 0 aliphatic heterocycles. The summed E-state index contributed by atoms with van der Waals surface area (Å²) in [6, 6.07) is 15.1. The fourth-order valence-electron chi connectivity index (χ4n) is 2.29. The number of nitrogens with zero attached hydrogens (tertiary/aromatic N) is 1. The minimum atomic E-state index is 0.408. The lowest BCUT2D eigenvalue weighted by Gasteiger charge is -2.21. The zero-order valence-electron chi connectivity index (χ0n) is 12.0. The van der Waals surface area contributed by atoms with Gasteiger partial charge >= 0.3 is 0 Å². The highest BCUT2D eigenvalue weighted by molar-refractivity contribution is 7.16. The largest absolute Gasteiger partial charge is 0.313 e. The van der Waals surface area contributed by atoms with Crippen molar-refractivity contribution in [2.75, 3.05) is 20.6 Å². The molecule has 20 heavy (non-hydrogen) atoms. The molecule has 108 valence electrons. The Morgan fingerprint density at radius 1 is 1.20 bits per heavy atom. The number of hydrogen-bond donors (Lipinski definition) is 1. The number of thiophene rings is 1. The van der Waals surface area contributed by atoms with E-state index >= 15 is 0 Å². The van der Waals surface area contributed by atoms with Gasteiger partial charge in [-0.05, 0) is 38.2 Å². The lowest BCUT2D eigenvalue weighted by atomic mass is 10.0. The van der Waals surface area contributed by atoms with Crippen molar-refractivity contribution in [2.24, 2.45) is 0 Å². The molecule has 1 unspecified atom stereocenters. The zero-order valence-corrected chi connectivity index (χ0v) is 13.5. The maximum absolute atomic E-state index is 5.96. The van der Waals surface area contributed by atoms with Gasteiger partial charge in [-0.25, -0.2) is 0 Å². The van der Waals surface area contributed by atoms with E-state index in [0.717, 1.165) is 23.8 Å². The molecule has 4 heteroatoms. The summed E-state index contributed by atoms with van der Waals surface area (Å²) in [6.07, 6.45) is 1.09. The molecule has 0 spiro atoms. The van der Waals surface area contributed by atoms with Crippen LogP contribution in [0.2, 0.25) is 4.34 Å². The number of hydrogen-bond acceptors (Lipinski definition) is 3. The highest BCUT2D eigenvalue weighted by Crippen LogP contribution is 2.23. The molecule has 1 N–H and O–H groups in total. The Hall–Kier alpha value is -0.870. The van der Waals surface area contributed by atoms with Crippen LogP contribution >= 0.6 is 22.9 Å². The Balaban J connectivity index is 1.84. The predicted octanol–water partition coefficient (Wildman–Crippen LogP) is 4.18. The highest BCUT2D eigenvalue weighted by atomic mass is 35.5. The van der Waals surface area contributed by atoms with E-state index in [-0.39, 0.29) is 0 Å². The van der Waals surface area contributed by atoms with Crippen molar-refractivity contribution in [3.05, 3.63) is 57.2 Å². The second-order valence-electron chi connectivity index (χ2n) is 4.98. The summed E-state index contributed by atoms with van der Waals surface area (Å²) in [5, 5.41) is 3.40. The average molecular weight is 309 g/mol. The van der Waals surface area contributed by atoms with Crippen molar-refractivity contribution >= 4 is 22.9 Å². The maximum Gasteiger partial charge on any atom is 0.0931 e. The molecule has 2 rings (SSSR count). The first-order valence-electron chi connectivity index (χ1n) is 6.84. The van der Waals surface area contributed by atoms with E-state index in [1.807, 2.05) is 13.1 Å². The summed E-state index contributed by atoms with van der Waals surface area (Å²) in [4.78, 5) is 3.66. The van der Waals surface area contributed by atoms with Crippen molar-refractivity contribution in [1.82, 2.24) is 10.2 Å². The van der Waals surface area contributed by atoms with Crippen molar-refractivity contribution in [2.45, 2.75) is 19.0 Å². The van der Waals surface area contributed by atoms with Gasteiger partial charge in [0, 0.05) is 24.0 Å². The van der Waals surface area contributed by atoms with Gasteiger partial charge in [0.2, 0.25) is 0 Å². The Bertz CT molecular complexity index is 512. The van der Waals surface area contributed by atoms with Gasteiger partial charge in [0.05, 0.1) is 4.34 Å². The monoisotopic (exact) mass is 308 g/mol. The molecule has 1 heterocycles. The van der Waals surface area contributed by atoms with Gasteiger partial charge in [-0.15, -0.1) is 11.3 Å². The summed E-state index contributed by atoms with van der Waals surface area (Å²) >= 11 is 7.62. The highest BCUT2D eigenvalue weighted by Gasteiger charge is 2.10. The van der Waals surface area contributed by atoms with Crippen molar-refractivity contribution in [3.8, 4) is 0 Å². The molecule has 0 bridgehead atoms. The zero-order chi connectivity index (χ0) is 14.4. The third kappa shape index (κ3) is 4.60. The van der Waals surface area contributed by atoms with E-state index in [1.165, 1.54) is 10.4 Å². The van der Waals surface area contributed by atoms with Crippen LogP contribution in [0.4, 0.5) is 0 Å². The van der Waals surface area contributed by atoms with Crippen LogP contribution < -0.4 is 5.32 Å². The molecule has 1 aromatic heterocycles. The first kappa shape index (κ1) is 15.5. The van der Waals surface area contributed by atoms with Crippen LogP contribution in [0.5, 0.6) is 0 Å². The molecule has 0 amide bonds. The first-order valence-corrected chi connectivity index (χ1v) is 8.03. The van der Waals surface area contributed by atoms with Crippen LogP contribution in [0.25, 0.3) is 0 Å². The normalized spacial score (nSPS) is 12.8. The third-order valence-electron chi connectivity index (χ3n) is 3.40. The fraction of sp³-hybridized carbons (Fsp3) is 0.375. The summed E-state index contributed by atoms with van der Waals surface area (Å²) in [5.74, 6) is 0. The topological polar surface area (TPSA) is 15.3 Å². The van der Waals surface area contributed by atoms with E-state index < -0.39 is 0 Å². The fourth-order valence-corrected chi connectivity index (χ4v) is 3.46. The molecule has 2 nitrogen and oxygen atoms in total. The first-order chi connectivity index (χ1) is 9.69. The maximum atomic E-state index is 5.96. The number of benzene rings is 1. The van der Waals surface area contributed by atoms with Gasteiger partial charge < -0.3 is 10.2 Å². The Morgan fingerprint density at radius 3 is 2.55 bits per heavy atom. The molecule has 0 aliphatic rings. The molecule has 0 radical (unpaired) electrons. The van der Waals surface area contributed by atoms with Crippen LogP contribution in [0, 0.1) is 0 Å². The molecular formula is C16H21ClN2S. The molecule has 0 saturated heterocycles. The van der Waals surface area contributed by atoms with E-state index in [4.69, 9.17) is 11.6 Å². The van der Waals surface area contributed by atoms with E-state index in [2.05, 4.69) is 53.7 Å². The molecule has 0 aliphatic carbocycles. The van der Waals surface area contributed by atoms with Gasteiger partial charge in [-0.1, -0.05) is 41.9 Å². The molecule has 1 aromatic carbocycles. The Morgan fingerprint density at radius 2 is 1.95 bits per heavy atom. The summed E-state index contributed by atoms with van der Waals surface area (Å²) in [5.41, 5.74) is 1.35. The summed E-state index contributed by atoms with van der Waals surface area (Å²) < 4.78 is 0.866. The molecular weight excluding hydrogens is 288 g/mol. The van der Waals surface area contributed by atoms with Crippen LogP contribution in [-0.2, 0) is 6.54 Å². The quantitative estimate of drug-likeness (QED) is 0.825.